The van der Waals surface area contributed by atoms with Crippen molar-refractivity contribution in [1.82, 2.24) is 4.31 Å². The van der Waals surface area contributed by atoms with Crippen LogP contribution in [0, 0.1) is 0 Å². The van der Waals surface area contributed by atoms with E-state index in [2.05, 4.69) is 9.47 Å². The van der Waals surface area contributed by atoms with Crippen molar-refractivity contribution in [3.05, 3.63) is 125 Å². The molecule has 0 saturated heterocycles. The van der Waals surface area contributed by atoms with Gasteiger partial charge >= 0.3 is 12.4 Å². The first kappa shape index (κ1) is 50.9. The molecule has 57 heavy (non-hydrogen) atoms. The molecule has 318 valence electrons. The van der Waals surface area contributed by atoms with Gasteiger partial charge in [0.05, 0.1) is 44.7 Å². The van der Waals surface area contributed by atoms with E-state index in [1.165, 1.54) is 26.4 Å². The molecule has 2 unspecified atom stereocenters. The third-order valence-electron chi connectivity index (χ3n) is 7.66. The Morgan fingerprint density at radius 3 is 1.19 bits per heavy atom. The molecule has 0 heterocycles. The Morgan fingerprint density at radius 1 is 0.561 bits per heavy atom. The number of alkyl halides is 7. The van der Waals surface area contributed by atoms with Gasteiger partial charge in [0.25, 0.3) is 17.0 Å². The fourth-order valence-corrected chi connectivity index (χ4v) is 6.43. The summed E-state index contributed by atoms with van der Waals surface area (Å²) in [5, 5.41) is 9.93. The molecule has 0 saturated carbocycles. The number of methoxy groups -OCH3 is 2. The minimum absolute atomic E-state index is 0.0623. The number of aliphatic hydroxyl groups is 1. The standard InChI is InChI=1S/C14H8Cl3F4N.C14H9Cl3F3NO.C6H14F3NO2S/c15-9-3-1-7(2-4-9)13(18,14(19,20)21)8-5-10(16)12(22)11(17)6-8;15-9-3-1-7(2-4-9)13(22,14(18,19)20)8-5-10(16)12(21)11(17)6-8;1-11-5-3-10(4-6-12-2)13(7,8)9/h1-6H,22H2;1-6,22H,21H2;3-6H2,1-2H3. The topological polar surface area (TPSA) is 94.0 Å². The Morgan fingerprint density at radius 2 is 0.895 bits per heavy atom. The maximum absolute atomic E-state index is 15.1. The SMILES string of the molecule is COCCN(CCOC)S(F)(F)F.Nc1c(Cl)cc(C(F)(c2ccc(Cl)cc2)C(F)(F)F)cc1Cl.Nc1c(Cl)cc(C(O)(c2ccc(Cl)cc2)C(F)(F)F)cc1Cl. The van der Waals surface area contributed by atoms with Gasteiger partial charge in [-0.15, -0.1) is 11.7 Å². The van der Waals surface area contributed by atoms with Crippen LogP contribution in [0.5, 0.6) is 0 Å². The Bertz CT molecular complexity index is 1750. The van der Waals surface area contributed by atoms with Gasteiger partial charge in [-0.05, 0) is 54.1 Å². The molecule has 0 amide bonds. The van der Waals surface area contributed by atoms with Crippen LogP contribution in [0.3, 0.4) is 0 Å². The van der Waals surface area contributed by atoms with Crippen molar-refractivity contribution in [3.63, 3.8) is 0 Å². The third kappa shape index (κ3) is 12.9. The molecule has 4 aromatic carbocycles. The highest BCUT2D eigenvalue weighted by atomic mass is 35.5. The quantitative estimate of drug-likeness (QED) is 0.102. The zero-order chi connectivity index (χ0) is 43.7. The molecule has 0 aliphatic rings. The van der Waals surface area contributed by atoms with Gasteiger partial charge in [-0.1, -0.05) is 93.9 Å². The number of halogens is 16. The van der Waals surface area contributed by atoms with Crippen molar-refractivity contribution in [1.29, 1.82) is 0 Å². The Kier molecular flexibility index (Phi) is 18.6. The molecule has 0 aromatic heterocycles. The van der Waals surface area contributed by atoms with E-state index in [0.29, 0.717) is 4.31 Å². The van der Waals surface area contributed by atoms with Gasteiger partial charge in [-0.2, -0.15) is 30.6 Å². The van der Waals surface area contributed by atoms with Crippen molar-refractivity contribution in [2.75, 3.05) is 52.0 Å². The average molecular weight is 964 g/mol. The number of anilines is 2. The second-order valence-corrected chi connectivity index (χ2v) is 15.2. The van der Waals surface area contributed by atoms with E-state index < -0.39 is 57.2 Å². The second kappa shape index (κ2) is 20.8. The number of hydrogen-bond acceptors (Lipinski definition) is 6. The van der Waals surface area contributed by atoms with Crippen LogP contribution >= 0.6 is 81.0 Å². The van der Waals surface area contributed by atoms with Gasteiger partial charge in [-0.25, -0.2) is 4.39 Å². The summed E-state index contributed by atoms with van der Waals surface area (Å²) in [5.74, 6) is 0. The smallest absolute Gasteiger partial charge is 0.396 e. The summed E-state index contributed by atoms with van der Waals surface area (Å²) >= 11 is 29.2. The zero-order valence-corrected chi connectivity index (χ0v) is 34.4. The summed E-state index contributed by atoms with van der Waals surface area (Å²) < 4.78 is 142. The monoisotopic (exact) mass is 961 g/mol. The van der Waals surface area contributed by atoms with E-state index in [1.54, 1.807) is 0 Å². The number of nitrogens with two attached hydrogens (primary N) is 2. The molecule has 0 fully saturated rings. The normalized spacial score (nSPS) is 14.5. The maximum Gasteiger partial charge on any atom is 0.431 e. The van der Waals surface area contributed by atoms with Crippen LogP contribution in [0.25, 0.3) is 0 Å². The summed E-state index contributed by atoms with van der Waals surface area (Å²) in [7, 11) is 2.75. The largest absolute Gasteiger partial charge is 0.431 e. The molecule has 4 aromatic rings. The minimum Gasteiger partial charge on any atom is -0.396 e. The third-order valence-corrected chi connectivity index (χ3v) is 10.4. The molecule has 4 rings (SSSR count). The molecule has 0 spiro atoms. The molecular weight excluding hydrogens is 933 g/mol. The molecule has 0 aliphatic carbocycles. The number of rotatable bonds is 11. The number of nitrogens with zero attached hydrogens (tertiary/aromatic N) is 1. The van der Waals surface area contributed by atoms with Crippen LogP contribution in [-0.4, -0.2) is 62.3 Å². The minimum atomic E-state index is -5.23. The van der Waals surface area contributed by atoms with E-state index in [9.17, 15) is 43.1 Å². The first-order valence-corrected chi connectivity index (χ1v) is 18.9. The number of benzene rings is 4. The van der Waals surface area contributed by atoms with Crippen LogP contribution in [0.2, 0.25) is 30.1 Å². The zero-order valence-electron chi connectivity index (χ0n) is 29.1. The molecule has 6 nitrogen and oxygen atoms in total. The van der Waals surface area contributed by atoms with E-state index in [1.807, 2.05) is 0 Å². The van der Waals surface area contributed by atoms with E-state index in [-0.39, 0.29) is 67.8 Å². The Hall–Kier alpha value is -2.29. The van der Waals surface area contributed by atoms with Gasteiger partial charge in [-0.3, -0.25) is 0 Å². The predicted octanol–water partition coefficient (Wildman–Crippen LogP) is 13.0. The number of ether oxygens (including phenoxy) is 2. The van der Waals surface area contributed by atoms with E-state index in [4.69, 9.17) is 81.1 Å². The lowest BCUT2D eigenvalue weighted by Gasteiger charge is -2.32. The highest BCUT2D eigenvalue weighted by Crippen LogP contribution is 2.56. The molecule has 2 atom stereocenters. The number of nitrogen functional groups attached to an aromatic ring is 2. The van der Waals surface area contributed by atoms with Gasteiger partial charge in [0.15, 0.2) is 0 Å². The predicted molar refractivity (Wildman–Crippen MR) is 208 cm³/mol. The average Bonchev–Trinajstić information content (AvgIpc) is 3.11. The molecule has 23 heteroatoms. The first-order valence-electron chi connectivity index (χ1n) is 15.4. The summed E-state index contributed by atoms with van der Waals surface area (Å²) in [5.41, 5.74) is 1.38. The van der Waals surface area contributed by atoms with Crippen molar-refractivity contribution in [3.8, 4) is 0 Å². The molecule has 5 N–H and O–H groups in total. The number of hydrogen-bond donors (Lipinski definition) is 3. The summed E-state index contributed by atoms with van der Waals surface area (Å²) in [6, 6.07) is 12.4. The second-order valence-electron chi connectivity index (χ2n) is 11.4. The van der Waals surface area contributed by atoms with Crippen molar-refractivity contribution in [2.45, 2.75) is 23.6 Å². The Balaban J connectivity index is 0.000000307. The van der Waals surface area contributed by atoms with E-state index >= 15 is 4.39 Å². The molecule has 0 aliphatic heterocycles. The van der Waals surface area contributed by atoms with E-state index in [0.717, 1.165) is 60.7 Å². The van der Waals surface area contributed by atoms with Crippen LogP contribution in [0.4, 0.5) is 53.8 Å². The van der Waals surface area contributed by atoms with Crippen LogP contribution in [0.15, 0.2) is 72.8 Å². The van der Waals surface area contributed by atoms with Crippen molar-refractivity contribution in [2.24, 2.45) is 0 Å². The summed E-state index contributed by atoms with van der Waals surface area (Å²) in [6.45, 7) is -0.0934. The lowest BCUT2D eigenvalue weighted by molar-refractivity contribution is -0.248. The fraction of sp³-hybridized carbons (Fsp3) is 0.294. The Labute approximate surface area is 352 Å². The van der Waals surface area contributed by atoms with Gasteiger partial charge in [0, 0.05) is 54.0 Å². The maximum atomic E-state index is 15.1. The molecule has 0 bridgehead atoms. The molecular formula is C34H31Cl6F10N3O3S. The van der Waals surface area contributed by atoms with Crippen LogP contribution in [0.1, 0.15) is 22.3 Å². The summed E-state index contributed by atoms with van der Waals surface area (Å²) in [6.07, 6.45) is -10.2. The fourth-order valence-electron chi connectivity index (χ4n) is 4.64. The van der Waals surface area contributed by atoms with Crippen LogP contribution in [-0.2, 0) is 20.7 Å². The lowest BCUT2D eigenvalue weighted by atomic mass is 9.85. The summed E-state index contributed by atoms with van der Waals surface area (Å²) in [4.78, 5) is 0. The first-order chi connectivity index (χ1) is 26.2. The highest BCUT2D eigenvalue weighted by Gasteiger charge is 2.59. The lowest BCUT2D eigenvalue weighted by Crippen LogP contribution is -2.43. The van der Waals surface area contributed by atoms with Gasteiger partial charge in [0.2, 0.25) is 5.60 Å². The van der Waals surface area contributed by atoms with Crippen molar-refractivity contribution >= 4 is 92.4 Å². The van der Waals surface area contributed by atoms with Gasteiger partial charge in [0.1, 0.15) is 0 Å². The highest BCUT2D eigenvalue weighted by molar-refractivity contribution is 8.18. The van der Waals surface area contributed by atoms with Gasteiger partial charge < -0.3 is 26.0 Å². The van der Waals surface area contributed by atoms with Crippen molar-refractivity contribution < 1.29 is 57.0 Å². The molecule has 0 radical (unpaired) electrons. The van der Waals surface area contributed by atoms with Crippen LogP contribution < -0.4 is 11.5 Å².